The molecule has 1 aromatic carbocycles. The van der Waals surface area contributed by atoms with Gasteiger partial charge in [0.15, 0.2) is 0 Å². The summed E-state index contributed by atoms with van der Waals surface area (Å²) in [4.78, 5) is 36.5. The number of hydrogen-bond donors (Lipinski definition) is 1. The van der Waals surface area contributed by atoms with Gasteiger partial charge in [-0.3, -0.25) is 14.9 Å². The number of fused-ring (bicyclic) bond motifs is 7. The second-order valence-corrected chi connectivity index (χ2v) is 17.1. The molecule has 0 spiro atoms. The third kappa shape index (κ3) is 4.64. The monoisotopic (exact) mass is 631 g/mol. The van der Waals surface area contributed by atoms with Crippen LogP contribution in [0.4, 0.5) is 5.69 Å². The third-order valence-electron chi connectivity index (χ3n) is 15.2. The first-order valence-corrected chi connectivity index (χ1v) is 17.5. The van der Waals surface area contributed by atoms with Crippen LogP contribution in [0.25, 0.3) is 6.08 Å². The summed E-state index contributed by atoms with van der Waals surface area (Å²) in [7, 11) is 0. The van der Waals surface area contributed by atoms with Gasteiger partial charge in [0, 0.05) is 23.6 Å². The molecule has 250 valence electrons. The molecule has 0 aliphatic heterocycles. The number of nitro groups is 1. The van der Waals surface area contributed by atoms with Crippen molar-refractivity contribution in [3.05, 3.63) is 58.2 Å². The van der Waals surface area contributed by atoms with E-state index in [0.29, 0.717) is 29.2 Å². The van der Waals surface area contributed by atoms with Gasteiger partial charge in [-0.1, -0.05) is 46.8 Å². The van der Waals surface area contributed by atoms with Crippen LogP contribution in [0, 0.1) is 66.8 Å². The number of carboxylic acid groups (broad SMARTS) is 1. The molecule has 5 fully saturated rings. The topological polar surface area (TPSA) is 107 Å². The molecule has 6 rings (SSSR count). The van der Waals surface area contributed by atoms with Crippen molar-refractivity contribution in [3.8, 4) is 0 Å². The Morgan fingerprint density at radius 2 is 1.61 bits per heavy atom. The highest BCUT2D eigenvalue weighted by molar-refractivity contribution is 5.87. The lowest BCUT2D eigenvalue weighted by molar-refractivity contribution is -0.384. The van der Waals surface area contributed by atoms with Crippen molar-refractivity contribution in [1.29, 1.82) is 0 Å². The van der Waals surface area contributed by atoms with Crippen LogP contribution in [-0.4, -0.2) is 28.1 Å². The van der Waals surface area contributed by atoms with Crippen molar-refractivity contribution in [2.24, 2.45) is 56.7 Å². The zero-order chi connectivity index (χ0) is 33.4. The molecule has 0 radical (unpaired) electrons. The van der Waals surface area contributed by atoms with Crippen LogP contribution in [0.3, 0.4) is 0 Å². The number of benzene rings is 1. The Morgan fingerprint density at radius 1 is 0.913 bits per heavy atom. The van der Waals surface area contributed by atoms with Crippen molar-refractivity contribution in [3.63, 3.8) is 0 Å². The second kappa shape index (κ2) is 11.1. The van der Waals surface area contributed by atoms with Gasteiger partial charge in [0.25, 0.3) is 5.69 Å². The maximum atomic E-state index is 13.0. The number of nitro benzene ring substituents is 1. The second-order valence-electron chi connectivity index (χ2n) is 17.1. The largest absolute Gasteiger partial charge is 0.481 e. The van der Waals surface area contributed by atoms with Gasteiger partial charge >= 0.3 is 11.9 Å². The lowest BCUT2D eigenvalue weighted by Gasteiger charge is -2.72. The molecule has 0 unspecified atom stereocenters. The molecule has 10 atom stereocenters. The van der Waals surface area contributed by atoms with Crippen LogP contribution < -0.4 is 0 Å². The highest BCUT2D eigenvalue weighted by atomic mass is 16.6. The average Bonchev–Trinajstić information content (AvgIpc) is 3.40. The number of rotatable bonds is 6. The van der Waals surface area contributed by atoms with E-state index in [4.69, 9.17) is 4.74 Å². The molecule has 7 nitrogen and oxygen atoms in total. The fourth-order valence-corrected chi connectivity index (χ4v) is 12.7. The number of carboxylic acids is 1. The lowest BCUT2D eigenvalue weighted by atomic mass is 9.32. The molecule has 0 saturated heterocycles. The summed E-state index contributed by atoms with van der Waals surface area (Å²) < 4.78 is 6.17. The predicted molar refractivity (Wildman–Crippen MR) is 179 cm³/mol. The van der Waals surface area contributed by atoms with Gasteiger partial charge in [0.2, 0.25) is 0 Å². The number of esters is 1. The zero-order valence-electron chi connectivity index (χ0n) is 28.6. The van der Waals surface area contributed by atoms with Crippen LogP contribution in [0.15, 0.2) is 42.5 Å². The van der Waals surface area contributed by atoms with E-state index in [1.807, 2.05) is 0 Å². The van der Waals surface area contributed by atoms with Crippen molar-refractivity contribution in [1.82, 2.24) is 0 Å². The van der Waals surface area contributed by atoms with E-state index in [1.54, 1.807) is 18.2 Å². The van der Waals surface area contributed by atoms with Gasteiger partial charge in [0.1, 0.15) is 6.10 Å². The number of aliphatic carboxylic acids is 1. The first-order valence-electron chi connectivity index (χ1n) is 17.5. The summed E-state index contributed by atoms with van der Waals surface area (Å²) in [5.41, 5.74) is 1.43. The molecule has 1 N–H and O–H groups in total. The Balaban J connectivity index is 1.22. The Hall–Kier alpha value is -2.96. The van der Waals surface area contributed by atoms with Gasteiger partial charge in [0.05, 0.1) is 10.3 Å². The quantitative estimate of drug-likeness (QED) is 0.110. The summed E-state index contributed by atoms with van der Waals surface area (Å²) in [6, 6.07) is 6.13. The third-order valence-corrected chi connectivity index (χ3v) is 15.2. The maximum absolute atomic E-state index is 13.0. The van der Waals surface area contributed by atoms with E-state index in [2.05, 4.69) is 48.1 Å². The van der Waals surface area contributed by atoms with Crippen LogP contribution in [0.5, 0.6) is 0 Å². The van der Waals surface area contributed by atoms with Crippen LogP contribution >= 0.6 is 0 Å². The minimum absolute atomic E-state index is 0.0178. The van der Waals surface area contributed by atoms with Crippen molar-refractivity contribution in [2.75, 3.05) is 0 Å². The normalized spacial score (nSPS) is 42.7. The smallest absolute Gasteiger partial charge is 0.331 e. The van der Waals surface area contributed by atoms with Gasteiger partial charge in [-0.25, -0.2) is 4.79 Å². The van der Waals surface area contributed by atoms with Crippen molar-refractivity contribution >= 4 is 23.7 Å². The minimum atomic E-state index is -0.602. The molecule has 0 bridgehead atoms. The molecule has 0 amide bonds. The van der Waals surface area contributed by atoms with E-state index >= 15 is 0 Å². The average molecular weight is 632 g/mol. The Morgan fingerprint density at radius 3 is 2.24 bits per heavy atom. The SMILES string of the molecule is C=C(C)[C@@H]1CC[C@]2(C(=O)O)CC[C@]3(C)[C@H](CC[C@@H]4[C@@]5(C)CC[C@@H](OC(=O)/C=C/c6ccc([N+](=O)[O-])cc6)C(C)(C)[C@@H]5CC[C@]43C)[C@@H]12. The van der Waals surface area contributed by atoms with E-state index < -0.39 is 16.3 Å². The first kappa shape index (κ1) is 33.0. The fourth-order valence-electron chi connectivity index (χ4n) is 12.7. The number of non-ortho nitro benzene ring substituents is 1. The molecule has 46 heavy (non-hydrogen) atoms. The Labute approximate surface area is 274 Å². The van der Waals surface area contributed by atoms with E-state index in [-0.39, 0.29) is 45.3 Å². The molecule has 5 saturated carbocycles. The van der Waals surface area contributed by atoms with Gasteiger partial charge in [-0.05, 0) is 141 Å². The van der Waals surface area contributed by atoms with Gasteiger partial charge < -0.3 is 9.84 Å². The van der Waals surface area contributed by atoms with E-state index in [1.165, 1.54) is 18.2 Å². The molecular formula is C39H53NO6. The summed E-state index contributed by atoms with van der Waals surface area (Å²) in [6.45, 7) is 18.7. The predicted octanol–water partition coefficient (Wildman–Crippen LogP) is 9.26. The summed E-state index contributed by atoms with van der Waals surface area (Å²) >= 11 is 0. The molecule has 7 heteroatoms. The highest BCUT2D eigenvalue weighted by Gasteiger charge is 2.72. The van der Waals surface area contributed by atoms with Crippen LogP contribution in [-0.2, 0) is 14.3 Å². The van der Waals surface area contributed by atoms with E-state index in [0.717, 1.165) is 69.8 Å². The van der Waals surface area contributed by atoms with Crippen LogP contribution in [0.2, 0.25) is 0 Å². The summed E-state index contributed by atoms with van der Waals surface area (Å²) in [5, 5.41) is 21.6. The molecule has 0 aromatic heterocycles. The lowest BCUT2D eigenvalue weighted by Crippen LogP contribution is -2.67. The number of nitrogens with zero attached hydrogens (tertiary/aromatic N) is 1. The summed E-state index contributed by atoms with van der Waals surface area (Å²) in [6.07, 6.45) is 12.7. The number of ether oxygens (including phenoxy) is 1. The summed E-state index contributed by atoms with van der Waals surface area (Å²) in [5.74, 6) is 0.877. The number of carbonyl (C=O) groups excluding carboxylic acids is 1. The van der Waals surface area contributed by atoms with E-state index in [9.17, 15) is 24.8 Å². The molecule has 0 heterocycles. The molecule has 5 aliphatic rings. The van der Waals surface area contributed by atoms with Crippen LogP contribution in [0.1, 0.15) is 111 Å². The zero-order valence-corrected chi connectivity index (χ0v) is 28.6. The highest BCUT2D eigenvalue weighted by Crippen LogP contribution is 2.77. The first-order chi connectivity index (χ1) is 21.5. The number of allylic oxidation sites excluding steroid dienone is 1. The van der Waals surface area contributed by atoms with Gasteiger partial charge in [-0.2, -0.15) is 0 Å². The van der Waals surface area contributed by atoms with Gasteiger partial charge in [-0.15, -0.1) is 0 Å². The fraction of sp³-hybridized carbons (Fsp3) is 0.692. The van der Waals surface area contributed by atoms with Crippen molar-refractivity contribution < 1.29 is 24.4 Å². The number of hydrogen-bond acceptors (Lipinski definition) is 5. The van der Waals surface area contributed by atoms with Crippen molar-refractivity contribution in [2.45, 2.75) is 112 Å². The Bertz CT molecular complexity index is 1460. The minimum Gasteiger partial charge on any atom is -0.481 e. The molecular weight excluding hydrogens is 578 g/mol. The number of carbonyl (C=O) groups is 2. The molecule has 1 aromatic rings. The maximum Gasteiger partial charge on any atom is 0.331 e. The Kier molecular flexibility index (Phi) is 7.92. The standard InChI is InChI=1S/C39H53NO6/c1-24(2)27-16-21-39(34(42)43)23-22-37(6)28(33(27)39)13-14-30-36(5)19-18-31(35(3,4)29(36)17-20-38(30,37)7)46-32(41)15-10-25-8-11-26(12-9-25)40(44)45/h8-12,15,27-31,33H,1,13-14,16-23H2,2-7H3,(H,42,43)/b15-10+/t27-,28+,29-,30+,31+,33+,36-,37+,38+,39-/m0/s1. The molecule has 5 aliphatic carbocycles.